The van der Waals surface area contributed by atoms with E-state index in [1.54, 1.807) is 6.07 Å². The molecule has 3 rings (SSSR count). The molecule has 110 valence electrons. The highest BCUT2D eigenvalue weighted by Gasteiger charge is 2.20. The van der Waals surface area contributed by atoms with Crippen LogP contribution in [-0.4, -0.2) is 16.9 Å². The van der Waals surface area contributed by atoms with Crippen LogP contribution in [0.15, 0.2) is 30.3 Å². The van der Waals surface area contributed by atoms with Gasteiger partial charge in [0.25, 0.3) is 5.91 Å². The number of rotatable bonds is 2. The molecule has 0 atom stereocenters. The molecule has 2 aromatic rings. The minimum atomic E-state index is 0.00593. The number of pyridine rings is 1. The second kappa shape index (κ2) is 6.02. The Morgan fingerprint density at radius 2 is 1.95 bits per heavy atom. The van der Waals surface area contributed by atoms with E-state index in [0.717, 1.165) is 29.7 Å². The molecule has 0 saturated heterocycles. The summed E-state index contributed by atoms with van der Waals surface area (Å²) in [5.41, 5.74) is 1.50. The lowest BCUT2D eigenvalue weighted by Crippen LogP contribution is -2.37. The molecule has 1 N–H and O–H groups in total. The average molecular weight is 303 g/mol. The maximum absolute atomic E-state index is 12.3. The smallest absolute Gasteiger partial charge is 0.251 e. The molecule has 0 spiro atoms. The maximum Gasteiger partial charge on any atom is 0.251 e. The zero-order valence-electron chi connectivity index (χ0n) is 12.1. The van der Waals surface area contributed by atoms with Crippen LogP contribution in [0.4, 0.5) is 0 Å². The number of hydrogen-bond acceptors (Lipinski definition) is 2. The summed E-state index contributed by atoms with van der Waals surface area (Å²) in [5.74, 6) is 0.793. The van der Waals surface area contributed by atoms with E-state index in [2.05, 4.69) is 17.2 Å². The Bertz CT molecular complexity index is 663. The summed E-state index contributed by atoms with van der Waals surface area (Å²) in [5, 5.41) is 4.55. The van der Waals surface area contributed by atoms with Gasteiger partial charge in [-0.05, 0) is 61.9 Å². The van der Waals surface area contributed by atoms with E-state index in [0.29, 0.717) is 16.8 Å². The fourth-order valence-electron chi connectivity index (χ4n) is 2.92. The van der Waals surface area contributed by atoms with E-state index in [4.69, 9.17) is 11.6 Å². The number of carbonyl (C=O) groups is 1. The number of halogens is 1. The predicted molar refractivity (Wildman–Crippen MR) is 85.6 cm³/mol. The van der Waals surface area contributed by atoms with Crippen LogP contribution in [0, 0.1) is 5.92 Å². The Morgan fingerprint density at radius 1 is 1.19 bits per heavy atom. The molecule has 1 amide bonds. The highest BCUT2D eigenvalue weighted by Crippen LogP contribution is 2.24. The van der Waals surface area contributed by atoms with Crippen LogP contribution in [0.25, 0.3) is 10.9 Å². The summed E-state index contributed by atoms with van der Waals surface area (Å²) in [7, 11) is 0. The van der Waals surface area contributed by atoms with Crippen LogP contribution in [-0.2, 0) is 0 Å². The number of nitrogens with zero attached hydrogens (tertiary/aromatic N) is 1. The Kier molecular flexibility index (Phi) is 4.11. The molecule has 21 heavy (non-hydrogen) atoms. The van der Waals surface area contributed by atoms with Crippen molar-refractivity contribution in [1.29, 1.82) is 0 Å². The van der Waals surface area contributed by atoms with Gasteiger partial charge in [-0.25, -0.2) is 4.98 Å². The third kappa shape index (κ3) is 3.35. The van der Waals surface area contributed by atoms with Gasteiger partial charge < -0.3 is 5.32 Å². The fraction of sp³-hybridized carbons (Fsp3) is 0.412. The molecule has 1 aromatic carbocycles. The summed E-state index contributed by atoms with van der Waals surface area (Å²) in [6.07, 6.45) is 4.56. The van der Waals surface area contributed by atoms with Crippen LogP contribution in [0.1, 0.15) is 43.0 Å². The number of hydrogen-bond donors (Lipinski definition) is 1. The van der Waals surface area contributed by atoms with Crippen molar-refractivity contribution in [3.8, 4) is 0 Å². The molecule has 1 aliphatic rings. The second-order valence-corrected chi connectivity index (χ2v) is 6.36. The first-order chi connectivity index (χ1) is 10.1. The van der Waals surface area contributed by atoms with Gasteiger partial charge in [-0.2, -0.15) is 0 Å². The zero-order valence-corrected chi connectivity index (χ0v) is 12.9. The molecule has 0 radical (unpaired) electrons. The molecule has 1 aliphatic carbocycles. The number of aromatic nitrogens is 1. The Labute approximate surface area is 129 Å². The van der Waals surface area contributed by atoms with Crippen molar-refractivity contribution < 1.29 is 4.79 Å². The lowest BCUT2D eigenvalue weighted by molar-refractivity contribution is 0.0923. The van der Waals surface area contributed by atoms with Crippen LogP contribution in [0.5, 0.6) is 0 Å². The van der Waals surface area contributed by atoms with Crippen molar-refractivity contribution in [1.82, 2.24) is 10.3 Å². The summed E-state index contributed by atoms with van der Waals surface area (Å²) in [6.45, 7) is 2.28. The van der Waals surface area contributed by atoms with Gasteiger partial charge in [0.2, 0.25) is 0 Å². The van der Waals surface area contributed by atoms with E-state index in [1.165, 1.54) is 12.8 Å². The van der Waals surface area contributed by atoms with Gasteiger partial charge in [0.05, 0.1) is 5.52 Å². The number of amides is 1. The van der Waals surface area contributed by atoms with Crippen molar-refractivity contribution >= 4 is 28.4 Å². The van der Waals surface area contributed by atoms with Gasteiger partial charge in [0.15, 0.2) is 0 Å². The lowest BCUT2D eigenvalue weighted by atomic mass is 9.87. The lowest BCUT2D eigenvalue weighted by Gasteiger charge is -2.26. The van der Waals surface area contributed by atoms with Gasteiger partial charge in [0, 0.05) is 17.0 Å². The third-order valence-corrected chi connectivity index (χ3v) is 4.48. The molecule has 3 nitrogen and oxygen atoms in total. The average Bonchev–Trinajstić information content (AvgIpc) is 2.49. The molecule has 0 bridgehead atoms. The maximum atomic E-state index is 12.3. The molecule has 0 aliphatic heterocycles. The van der Waals surface area contributed by atoms with E-state index in [1.807, 2.05) is 24.3 Å². The Balaban J connectivity index is 1.74. The molecule has 0 unspecified atom stereocenters. The van der Waals surface area contributed by atoms with Gasteiger partial charge in [0.1, 0.15) is 5.15 Å². The second-order valence-electron chi connectivity index (χ2n) is 5.97. The minimum absolute atomic E-state index is 0.00593. The van der Waals surface area contributed by atoms with Crippen LogP contribution < -0.4 is 5.32 Å². The van der Waals surface area contributed by atoms with Gasteiger partial charge in [-0.3, -0.25) is 4.79 Å². The quantitative estimate of drug-likeness (QED) is 0.845. The van der Waals surface area contributed by atoms with Crippen molar-refractivity contribution in [2.75, 3.05) is 0 Å². The van der Waals surface area contributed by atoms with Gasteiger partial charge in [-0.1, -0.05) is 18.5 Å². The van der Waals surface area contributed by atoms with Crippen molar-refractivity contribution in [3.63, 3.8) is 0 Å². The summed E-state index contributed by atoms with van der Waals surface area (Å²) in [6, 6.07) is 9.48. The zero-order chi connectivity index (χ0) is 14.8. The predicted octanol–water partition coefficient (Wildman–Crippen LogP) is 4.20. The summed E-state index contributed by atoms with van der Waals surface area (Å²) >= 11 is 5.87. The first-order valence-electron chi connectivity index (χ1n) is 7.49. The first-order valence-corrected chi connectivity index (χ1v) is 7.87. The topological polar surface area (TPSA) is 42.0 Å². The number of benzene rings is 1. The fourth-order valence-corrected chi connectivity index (χ4v) is 3.07. The number of nitrogens with one attached hydrogen (secondary N) is 1. The van der Waals surface area contributed by atoms with Gasteiger partial charge in [-0.15, -0.1) is 0 Å². The molecular formula is C17H19ClN2O. The SMILES string of the molecule is CC1CCC(NC(=O)c2ccc3nc(Cl)ccc3c2)CC1. The van der Waals surface area contributed by atoms with Crippen LogP contribution in [0.2, 0.25) is 5.15 Å². The Morgan fingerprint density at radius 3 is 2.71 bits per heavy atom. The van der Waals surface area contributed by atoms with Crippen molar-refractivity contribution in [2.45, 2.75) is 38.6 Å². The van der Waals surface area contributed by atoms with E-state index in [-0.39, 0.29) is 5.91 Å². The number of carbonyl (C=O) groups excluding carboxylic acids is 1. The normalized spacial score (nSPS) is 22.2. The Hall–Kier alpha value is -1.61. The molecular weight excluding hydrogens is 284 g/mol. The highest BCUT2D eigenvalue weighted by atomic mass is 35.5. The monoisotopic (exact) mass is 302 g/mol. The minimum Gasteiger partial charge on any atom is -0.349 e. The third-order valence-electron chi connectivity index (χ3n) is 4.27. The van der Waals surface area contributed by atoms with Crippen molar-refractivity contribution in [3.05, 3.63) is 41.0 Å². The van der Waals surface area contributed by atoms with E-state index in [9.17, 15) is 4.79 Å². The largest absolute Gasteiger partial charge is 0.349 e. The van der Waals surface area contributed by atoms with Gasteiger partial charge >= 0.3 is 0 Å². The van der Waals surface area contributed by atoms with Crippen molar-refractivity contribution in [2.24, 2.45) is 5.92 Å². The first kappa shape index (κ1) is 14.3. The van der Waals surface area contributed by atoms with Crippen LogP contribution in [0.3, 0.4) is 0 Å². The number of fused-ring (bicyclic) bond motifs is 1. The molecule has 1 aromatic heterocycles. The summed E-state index contributed by atoms with van der Waals surface area (Å²) in [4.78, 5) is 16.6. The standard InChI is InChI=1S/C17H19ClN2O/c1-11-2-6-14(7-3-11)19-17(21)13-4-8-15-12(10-13)5-9-16(18)20-15/h4-5,8-11,14H,2-3,6-7H2,1H3,(H,19,21). The molecule has 1 fully saturated rings. The van der Waals surface area contributed by atoms with E-state index >= 15 is 0 Å². The molecule has 4 heteroatoms. The molecule has 1 heterocycles. The van der Waals surface area contributed by atoms with E-state index < -0.39 is 0 Å². The highest BCUT2D eigenvalue weighted by molar-refractivity contribution is 6.29. The molecule has 1 saturated carbocycles. The summed E-state index contributed by atoms with van der Waals surface area (Å²) < 4.78 is 0. The van der Waals surface area contributed by atoms with Crippen LogP contribution >= 0.6 is 11.6 Å².